The predicted octanol–water partition coefficient (Wildman–Crippen LogP) is 2.54. The van der Waals surface area contributed by atoms with Gasteiger partial charge in [-0.25, -0.2) is 4.39 Å². The Bertz CT molecular complexity index is 930. The monoisotopic (exact) mass is 327 g/mol. The van der Waals surface area contributed by atoms with Gasteiger partial charge in [0.25, 0.3) is 5.56 Å². The number of H-pyrrole nitrogens is 1. The second kappa shape index (κ2) is 5.74. The number of aromatic nitrogens is 4. The second-order valence-corrected chi connectivity index (χ2v) is 6.32. The lowest BCUT2D eigenvalue weighted by Gasteiger charge is -2.14. The molecule has 1 aliphatic rings. The number of nitrogens with zero attached hydrogens (tertiary/aromatic N) is 3. The minimum absolute atomic E-state index is 0.191. The zero-order valence-electron chi connectivity index (χ0n) is 13.3. The largest absolute Gasteiger partial charge is 0.353 e. The van der Waals surface area contributed by atoms with Gasteiger partial charge in [0, 0.05) is 13.1 Å². The number of benzene rings is 1. The number of hydrogen-bond donors (Lipinski definition) is 2. The summed E-state index contributed by atoms with van der Waals surface area (Å²) in [7, 11) is 1.76. The van der Waals surface area contributed by atoms with E-state index in [1.807, 2.05) is 12.1 Å². The van der Waals surface area contributed by atoms with Crippen molar-refractivity contribution in [1.29, 1.82) is 0 Å². The molecular weight excluding hydrogens is 309 g/mol. The summed E-state index contributed by atoms with van der Waals surface area (Å²) in [5.74, 6) is 0.661. The van der Waals surface area contributed by atoms with Gasteiger partial charge in [-0.3, -0.25) is 14.5 Å². The lowest BCUT2D eigenvalue weighted by atomic mass is 9.97. The quantitative estimate of drug-likeness (QED) is 0.775. The van der Waals surface area contributed by atoms with Crippen LogP contribution in [-0.4, -0.2) is 25.8 Å². The van der Waals surface area contributed by atoms with E-state index in [9.17, 15) is 9.18 Å². The van der Waals surface area contributed by atoms with Gasteiger partial charge in [-0.05, 0) is 42.9 Å². The number of fused-ring (bicyclic) bond motifs is 1. The molecule has 1 fully saturated rings. The molecule has 0 spiro atoms. The van der Waals surface area contributed by atoms with Gasteiger partial charge in [0.1, 0.15) is 11.2 Å². The molecule has 24 heavy (non-hydrogen) atoms. The normalized spacial score (nSPS) is 20.6. The first-order valence-corrected chi connectivity index (χ1v) is 8.04. The van der Waals surface area contributed by atoms with Gasteiger partial charge in [-0.15, -0.1) is 0 Å². The van der Waals surface area contributed by atoms with E-state index in [0.717, 1.165) is 24.8 Å². The summed E-state index contributed by atoms with van der Waals surface area (Å²) in [4.78, 5) is 19.3. The van der Waals surface area contributed by atoms with Gasteiger partial charge < -0.3 is 5.32 Å². The molecule has 6 nitrogen and oxygen atoms in total. The van der Waals surface area contributed by atoms with E-state index < -0.39 is 0 Å². The molecule has 1 aliphatic carbocycles. The van der Waals surface area contributed by atoms with Crippen LogP contribution < -0.4 is 10.9 Å². The Labute approximate surface area is 137 Å². The van der Waals surface area contributed by atoms with Gasteiger partial charge in [-0.2, -0.15) is 10.1 Å². The van der Waals surface area contributed by atoms with Crippen LogP contribution in [0.3, 0.4) is 0 Å². The summed E-state index contributed by atoms with van der Waals surface area (Å²) in [6.07, 6.45) is 4.46. The van der Waals surface area contributed by atoms with E-state index in [2.05, 4.69) is 20.4 Å². The Morgan fingerprint density at radius 3 is 2.88 bits per heavy atom. The summed E-state index contributed by atoms with van der Waals surface area (Å²) < 4.78 is 14.6. The standard InChI is InChI=1S/C17H18FN5O/c1-23-15-14(9-19-23)16(24)22-17(21-15)20-13-7-4-11(8-13)10-2-5-12(18)6-3-10/h2-3,5-6,9,11,13H,4,7-8H2,1H3,(H2,20,21,22,24)/t11-,13-/m0/s1. The summed E-state index contributed by atoms with van der Waals surface area (Å²) in [6, 6.07) is 6.94. The molecule has 4 rings (SSSR count). The molecule has 1 aromatic carbocycles. The molecule has 0 unspecified atom stereocenters. The van der Waals surface area contributed by atoms with Crippen molar-refractivity contribution in [1.82, 2.24) is 19.7 Å². The van der Waals surface area contributed by atoms with Crippen molar-refractivity contribution in [2.75, 3.05) is 5.32 Å². The lowest BCUT2D eigenvalue weighted by Crippen LogP contribution is -2.20. The maximum atomic E-state index is 13.0. The van der Waals surface area contributed by atoms with Crippen molar-refractivity contribution < 1.29 is 4.39 Å². The average Bonchev–Trinajstić information content (AvgIpc) is 3.16. The third-order valence-electron chi connectivity index (χ3n) is 4.72. The number of halogens is 1. The summed E-state index contributed by atoms with van der Waals surface area (Å²) in [5.41, 5.74) is 1.53. The van der Waals surface area contributed by atoms with Gasteiger partial charge in [0.2, 0.25) is 5.95 Å². The van der Waals surface area contributed by atoms with Crippen LogP contribution in [0.15, 0.2) is 35.3 Å². The molecule has 7 heteroatoms. The van der Waals surface area contributed by atoms with Crippen LogP contribution in [0.2, 0.25) is 0 Å². The molecule has 2 N–H and O–H groups in total. The Morgan fingerprint density at radius 1 is 1.29 bits per heavy atom. The van der Waals surface area contributed by atoms with Crippen molar-refractivity contribution >= 4 is 17.0 Å². The van der Waals surface area contributed by atoms with Crippen molar-refractivity contribution in [2.45, 2.75) is 31.2 Å². The molecule has 0 bridgehead atoms. The molecule has 0 radical (unpaired) electrons. The van der Waals surface area contributed by atoms with Crippen LogP contribution >= 0.6 is 0 Å². The Kier molecular flexibility index (Phi) is 3.55. The van der Waals surface area contributed by atoms with Crippen LogP contribution in [0.25, 0.3) is 11.0 Å². The van der Waals surface area contributed by atoms with Crippen LogP contribution in [-0.2, 0) is 7.05 Å². The van der Waals surface area contributed by atoms with E-state index >= 15 is 0 Å². The number of rotatable bonds is 3. The smallest absolute Gasteiger partial charge is 0.263 e. The Morgan fingerprint density at radius 2 is 2.08 bits per heavy atom. The van der Waals surface area contributed by atoms with Crippen molar-refractivity contribution in [3.8, 4) is 0 Å². The third kappa shape index (κ3) is 2.66. The predicted molar refractivity (Wildman–Crippen MR) is 89.5 cm³/mol. The van der Waals surface area contributed by atoms with E-state index in [1.54, 1.807) is 11.7 Å². The van der Waals surface area contributed by atoms with Crippen LogP contribution in [0.5, 0.6) is 0 Å². The van der Waals surface area contributed by atoms with Crippen molar-refractivity contribution in [3.63, 3.8) is 0 Å². The highest BCUT2D eigenvalue weighted by Gasteiger charge is 2.26. The topological polar surface area (TPSA) is 75.6 Å². The fourth-order valence-corrected chi connectivity index (χ4v) is 3.44. The summed E-state index contributed by atoms with van der Waals surface area (Å²) in [6.45, 7) is 0. The molecule has 2 heterocycles. The second-order valence-electron chi connectivity index (χ2n) is 6.32. The van der Waals surface area contributed by atoms with Gasteiger partial charge in [0.05, 0.1) is 6.20 Å². The first-order chi connectivity index (χ1) is 11.6. The molecular formula is C17H18FN5O. The minimum atomic E-state index is -0.210. The van der Waals surface area contributed by atoms with Crippen molar-refractivity contribution in [2.24, 2.45) is 7.05 Å². The van der Waals surface area contributed by atoms with Crippen LogP contribution in [0.4, 0.5) is 10.3 Å². The summed E-state index contributed by atoms with van der Waals surface area (Å²) in [5, 5.41) is 7.87. The zero-order chi connectivity index (χ0) is 16.7. The zero-order valence-corrected chi connectivity index (χ0v) is 13.3. The highest BCUT2D eigenvalue weighted by molar-refractivity contribution is 5.74. The Balaban J connectivity index is 1.51. The number of anilines is 1. The first-order valence-electron chi connectivity index (χ1n) is 8.04. The maximum Gasteiger partial charge on any atom is 0.263 e. The molecule has 3 aromatic rings. The summed E-state index contributed by atoms with van der Waals surface area (Å²) >= 11 is 0. The number of hydrogen-bond acceptors (Lipinski definition) is 4. The highest BCUT2D eigenvalue weighted by Crippen LogP contribution is 2.35. The van der Waals surface area contributed by atoms with Gasteiger partial charge in [0.15, 0.2) is 5.65 Å². The molecule has 2 aromatic heterocycles. The van der Waals surface area contributed by atoms with Gasteiger partial charge >= 0.3 is 0 Å². The molecule has 1 saturated carbocycles. The molecule has 124 valence electrons. The fourth-order valence-electron chi connectivity index (χ4n) is 3.44. The van der Waals surface area contributed by atoms with E-state index in [-0.39, 0.29) is 17.4 Å². The van der Waals surface area contributed by atoms with E-state index in [0.29, 0.717) is 22.9 Å². The Hall–Kier alpha value is -2.70. The average molecular weight is 327 g/mol. The number of aromatic amines is 1. The number of nitrogens with one attached hydrogen (secondary N) is 2. The van der Waals surface area contributed by atoms with Gasteiger partial charge in [-0.1, -0.05) is 12.1 Å². The lowest BCUT2D eigenvalue weighted by molar-refractivity contribution is 0.624. The minimum Gasteiger partial charge on any atom is -0.353 e. The highest BCUT2D eigenvalue weighted by atomic mass is 19.1. The molecule has 0 amide bonds. The van der Waals surface area contributed by atoms with E-state index in [4.69, 9.17) is 0 Å². The first kappa shape index (κ1) is 14.9. The van der Waals surface area contributed by atoms with Crippen molar-refractivity contribution in [3.05, 3.63) is 52.2 Å². The fraction of sp³-hybridized carbons (Fsp3) is 0.353. The molecule has 2 atom stereocenters. The maximum absolute atomic E-state index is 13.0. The molecule has 0 saturated heterocycles. The number of aryl methyl sites for hydroxylation is 1. The SMILES string of the molecule is Cn1ncc2c(=O)[nH]c(N[C@H]3CC[C@H](c4ccc(F)cc4)C3)nc21. The third-order valence-corrected chi connectivity index (χ3v) is 4.72. The van der Waals surface area contributed by atoms with E-state index in [1.165, 1.54) is 18.3 Å². The molecule has 0 aliphatic heterocycles. The van der Waals surface area contributed by atoms with Crippen LogP contribution in [0.1, 0.15) is 30.7 Å². The van der Waals surface area contributed by atoms with Crippen LogP contribution in [0, 0.1) is 5.82 Å².